The lowest BCUT2D eigenvalue weighted by Gasteiger charge is -2.22. The van der Waals surface area contributed by atoms with Gasteiger partial charge in [-0.3, -0.25) is 0 Å². The molecule has 0 saturated carbocycles. The number of hydrogen-bond donors (Lipinski definition) is 0. The van der Waals surface area contributed by atoms with E-state index in [1.165, 1.54) is 5.69 Å². The smallest absolute Gasteiger partial charge is 0.265 e. The molecule has 0 bridgehead atoms. The van der Waals surface area contributed by atoms with Crippen molar-refractivity contribution in [3.05, 3.63) is 94.7 Å². The lowest BCUT2D eigenvalue weighted by Crippen LogP contribution is -2.13. The number of nitriles is 1. The molecule has 0 fully saturated rings. The molecule has 1 unspecified atom stereocenters. The van der Waals surface area contributed by atoms with Crippen LogP contribution in [0.3, 0.4) is 0 Å². The standard InChI is InChI=1S/C26H26N4O/c1-19-16-21(26(18-27)28-2)17-25(31-19)15-8-20-6-9-23(10-7-20)30(5)24-13-11-22(12-14-24)29(3)4/h6-15,17,19H,16H2,1,3-5H3/b15-8+,26-21?. The molecule has 2 aromatic rings. The zero-order valence-corrected chi connectivity index (χ0v) is 18.3. The van der Waals surface area contributed by atoms with E-state index in [1.807, 2.05) is 39.2 Å². The molecule has 5 heteroatoms. The third-order valence-electron chi connectivity index (χ3n) is 5.16. The monoisotopic (exact) mass is 410 g/mol. The first-order chi connectivity index (χ1) is 14.9. The minimum absolute atomic E-state index is 0.0698. The van der Waals surface area contributed by atoms with Crippen LogP contribution in [0.1, 0.15) is 18.9 Å². The molecule has 1 atom stereocenters. The lowest BCUT2D eigenvalue weighted by molar-refractivity contribution is 0.133. The van der Waals surface area contributed by atoms with Crippen LogP contribution in [0.5, 0.6) is 0 Å². The molecule has 0 radical (unpaired) electrons. The maximum Gasteiger partial charge on any atom is 0.265 e. The molecule has 0 amide bonds. The summed E-state index contributed by atoms with van der Waals surface area (Å²) in [5.41, 5.74) is 5.29. The van der Waals surface area contributed by atoms with Gasteiger partial charge in [0.2, 0.25) is 0 Å². The van der Waals surface area contributed by atoms with Crippen molar-refractivity contribution in [2.45, 2.75) is 19.4 Å². The maximum absolute atomic E-state index is 9.13. The summed E-state index contributed by atoms with van der Waals surface area (Å²) in [6.45, 7) is 9.10. The van der Waals surface area contributed by atoms with Crippen molar-refractivity contribution < 1.29 is 4.74 Å². The van der Waals surface area contributed by atoms with E-state index in [2.05, 4.69) is 70.2 Å². The zero-order chi connectivity index (χ0) is 22.4. The molecule has 5 nitrogen and oxygen atoms in total. The Labute approximate surface area is 184 Å². The van der Waals surface area contributed by atoms with Crippen LogP contribution in [-0.2, 0) is 4.74 Å². The molecule has 3 rings (SSSR count). The predicted octanol–water partition coefficient (Wildman–Crippen LogP) is 5.92. The van der Waals surface area contributed by atoms with E-state index in [-0.39, 0.29) is 11.8 Å². The molecule has 1 aliphatic heterocycles. The Morgan fingerprint density at radius 2 is 1.61 bits per heavy atom. The fourth-order valence-electron chi connectivity index (χ4n) is 3.38. The van der Waals surface area contributed by atoms with Gasteiger partial charge in [-0.1, -0.05) is 18.2 Å². The second-order valence-electron chi connectivity index (χ2n) is 7.67. The van der Waals surface area contributed by atoms with Crippen LogP contribution in [0.2, 0.25) is 0 Å². The van der Waals surface area contributed by atoms with Gasteiger partial charge in [0.1, 0.15) is 5.76 Å². The Morgan fingerprint density at radius 1 is 1.03 bits per heavy atom. The molecule has 0 spiro atoms. The summed E-state index contributed by atoms with van der Waals surface area (Å²) in [6, 6.07) is 18.7. The molecule has 156 valence electrons. The van der Waals surface area contributed by atoms with Gasteiger partial charge in [-0.2, -0.15) is 0 Å². The first-order valence-corrected chi connectivity index (χ1v) is 10.1. The van der Waals surface area contributed by atoms with E-state index in [4.69, 9.17) is 16.6 Å². The Morgan fingerprint density at radius 3 is 2.16 bits per heavy atom. The highest BCUT2D eigenvalue weighted by Crippen LogP contribution is 2.28. The number of benzene rings is 2. The van der Waals surface area contributed by atoms with Gasteiger partial charge in [0.15, 0.2) is 0 Å². The van der Waals surface area contributed by atoms with Crippen molar-refractivity contribution >= 4 is 23.1 Å². The quantitative estimate of drug-likeness (QED) is 0.453. The van der Waals surface area contributed by atoms with Crippen molar-refractivity contribution in [3.63, 3.8) is 0 Å². The molecule has 0 aliphatic carbocycles. The summed E-state index contributed by atoms with van der Waals surface area (Å²) in [5, 5.41) is 9.13. The highest BCUT2D eigenvalue weighted by molar-refractivity contribution is 5.66. The van der Waals surface area contributed by atoms with Crippen LogP contribution in [0.15, 0.2) is 77.7 Å². The largest absolute Gasteiger partial charge is 0.490 e. The molecular formula is C26H26N4O. The molecule has 31 heavy (non-hydrogen) atoms. The number of allylic oxidation sites excluding steroid dienone is 3. The average Bonchev–Trinajstić information content (AvgIpc) is 2.78. The second-order valence-corrected chi connectivity index (χ2v) is 7.67. The number of anilines is 3. The fourth-order valence-corrected chi connectivity index (χ4v) is 3.38. The lowest BCUT2D eigenvalue weighted by atomic mass is 10.0. The van der Waals surface area contributed by atoms with Crippen LogP contribution in [0.25, 0.3) is 10.9 Å². The summed E-state index contributed by atoms with van der Waals surface area (Å²) in [4.78, 5) is 7.55. The van der Waals surface area contributed by atoms with E-state index >= 15 is 0 Å². The van der Waals surface area contributed by atoms with Gasteiger partial charge in [0.25, 0.3) is 5.70 Å². The van der Waals surface area contributed by atoms with Crippen LogP contribution in [0.4, 0.5) is 17.1 Å². The molecule has 0 saturated heterocycles. The van der Waals surface area contributed by atoms with Crippen molar-refractivity contribution in [2.75, 3.05) is 30.9 Å². The Bertz CT molecular complexity index is 1080. The number of rotatable bonds is 5. The SMILES string of the molecule is [C-]#[N+]C(C#N)=C1C=C(/C=C/c2ccc(N(C)c3ccc(N(C)C)cc3)cc2)OC(C)C1. The van der Waals surface area contributed by atoms with E-state index < -0.39 is 0 Å². The minimum atomic E-state index is -0.0698. The van der Waals surface area contributed by atoms with Crippen molar-refractivity contribution in [2.24, 2.45) is 0 Å². The summed E-state index contributed by atoms with van der Waals surface area (Å²) >= 11 is 0. The number of hydrogen-bond acceptors (Lipinski definition) is 4. The Balaban J connectivity index is 1.74. The average molecular weight is 411 g/mol. The second kappa shape index (κ2) is 9.69. The molecule has 1 aliphatic rings. The van der Waals surface area contributed by atoms with Crippen molar-refractivity contribution in [1.29, 1.82) is 5.26 Å². The normalized spacial score (nSPS) is 17.2. The van der Waals surface area contributed by atoms with Gasteiger partial charge in [0.05, 0.1) is 18.7 Å². The molecule has 2 aromatic carbocycles. The first-order valence-electron chi connectivity index (χ1n) is 10.1. The van der Waals surface area contributed by atoms with Crippen LogP contribution in [0, 0.1) is 17.9 Å². The summed E-state index contributed by atoms with van der Waals surface area (Å²) < 4.78 is 5.84. The number of nitrogens with zero attached hydrogens (tertiary/aromatic N) is 4. The number of ether oxygens (including phenoxy) is 1. The minimum Gasteiger partial charge on any atom is -0.490 e. The van der Waals surface area contributed by atoms with E-state index in [1.54, 1.807) is 6.08 Å². The van der Waals surface area contributed by atoms with Crippen LogP contribution in [-0.4, -0.2) is 27.2 Å². The molecule has 0 aromatic heterocycles. The summed E-state index contributed by atoms with van der Waals surface area (Å²) in [7, 11) is 6.12. The van der Waals surface area contributed by atoms with E-state index in [9.17, 15) is 0 Å². The molecule has 0 N–H and O–H groups in total. The molecule has 1 heterocycles. The maximum atomic E-state index is 9.13. The third-order valence-corrected chi connectivity index (χ3v) is 5.16. The van der Waals surface area contributed by atoms with E-state index in [0.29, 0.717) is 12.2 Å². The molecular weight excluding hydrogens is 384 g/mol. The van der Waals surface area contributed by atoms with Gasteiger partial charge < -0.3 is 14.5 Å². The Kier molecular flexibility index (Phi) is 6.80. The van der Waals surface area contributed by atoms with Gasteiger partial charge in [-0.15, -0.1) is 0 Å². The van der Waals surface area contributed by atoms with Crippen LogP contribution >= 0.6 is 0 Å². The van der Waals surface area contributed by atoms with Crippen molar-refractivity contribution in [1.82, 2.24) is 0 Å². The predicted molar refractivity (Wildman–Crippen MR) is 127 cm³/mol. The van der Waals surface area contributed by atoms with E-state index in [0.717, 1.165) is 22.5 Å². The van der Waals surface area contributed by atoms with Gasteiger partial charge in [0, 0.05) is 44.6 Å². The van der Waals surface area contributed by atoms with Gasteiger partial charge in [-0.05, 0) is 66.6 Å². The summed E-state index contributed by atoms with van der Waals surface area (Å²) in [6.07, 6.45) is 6.14. The highest BCUT2D eigenvalue weighted by Gasteiger charge is 2.17. The third kappa shape index (κ3) is 5.35. The van der Waals surface area contributed by atoms with Gasteiger partial charge >= 0.3 is 0 Å². The van der Waals surface area contributed by atoms with Crippen molar-refractivity contribution in [3.8, 4) is 6.07 Å². The fraction of sp³-hybridized carbons (Fsp3) is 0.231. The van der Waals surface area contributed by atoms with Crippen LogP contribution < -0.4 is 9.80 Å². The highest BCUT2D eigenvalue weighted by atomic mass is 16.5. The Hall–Kier alpha value is -3.96. The first kappa shape index (κ1) is 21.7. The topological polar surface area (TPSA) is 43.9 Å². The van der Waals surface area contributed by atoms with Gasteiger partial charge in [-0.25, -0.2) is 10.1 Å². The zero-order valence-electron chi connectivity index (χ0n) is 18.3. The summed E-state index contributed by atoms with van der Waals surface area (Å²) in [5.74, 6) is 0.660.